The Labute approximate surface area is 189 Å². The van der Waals surface area contributed by atoms with Gasteiger partial charge in [-0.05, 0) is 0 Å². The number of thiophene rings is 2. The summed E-state index contributed by atoms with van der Waals surface area (Å²) in [6, 6.07) is 4.37. The molecular formula is C21H21F4NS2Sn2. The normalized spacial score (nSPS) is 13.6. The van der Waals surface area contributed by atoms with Crippen LogP contribution in [0.2, 0.25) is 29.6 Å². The first-order valence-electron chi connectivity index (χ1n) is 9.50. The third-order valence-electron chi connectivity index (χ3n) is 4.97. The third-order valence-corrected chi connectivity index (χ3v) is 26.3. The Kier molecular flexibility index (Phi) is 5.76. The Morgan fingerprint density at radius 2 is 1.07 bits per heavy atom. The molecule has 9 heteroatoms. The second-order valence-electron chi connectivity index (χ2n) is 9.48. The van der Waals surface area contributed by atoms with E-state index in [1.165, 1.54) is 5.79 Å². The van der Waals surface area contributed by atoms with Crippen molar-refractivity contribution in [2.24, 2.45) is 4.99 Å². The number of halogens is 4. The zero-order valence-electron chi connectivity index (χ0n) is 17.5. The van der Waals surface area contributed by atoms with E-state index >= 15 is 0 Å². The Bertz CT molecular complexity index is 1130. The average Bonchev–Trinajstić information content (AvgIpc) is 3.28. The molecule has 2 aromatic heterocycles. The second-order valence-corrected chi connectivity index (χ2v) is 42.4. The molecule has 1 aliphatic carbocycles. The van der Waals surface area contributed by atoms with Crippen molar-refractivity contribution < 1.29 is 17.6 Å². The van der Waals surface area contributed by atoms with Gasteiger partial charge in [0, 0.05) is 0 Å². The van der Waals surface area contributed by atoms with Crippen LogP contribution in [0.1, 0.15) is 11.1 Å². The molecule has 0 unspecified atom stereocenters. The van der Waals surface area contributed by atoms with Crippen LogP contribution in [0.3, 0.4) is 0 Å². The maximum atomic E-state index is 14.4. The van der Waals surface area contributed by atoms with Gasteiger partial charge in [0.15, 0.2) is 0 Å². The van der Waals surface area contributed by atoms with Crippen molar-refractivity contribution >= 4 is 76.6 Å². The molecule has 1 nitrogen and oxygen atoms in total. The van der Waals surface area contributed by atoms with Gasteiger partial charge in [0.2, 0.25) is 0 Å². The standard InChI is InChI=1S/C15H3F4NS2.6CH3.2Sn/c16-8-5-9(17)11(19)13(10(8)18)20-12-6-1-3-21-14(6)15-7(12)2-4-22-15;;;;;;;;/h1-2,5H;6*1H3;;. The Hall–Kier alpha value is -0.393. The number of hydrogen-bond acceptors (Lipinski definition) is 3. The maximum absolute atomic E-state index is 14.4. The fourth-order valence-electron chi connectivity index (χ4n) is 3.25. The summed E-state index contributed by atoms with van der Waals surface area (Å²) in [5, 5.41) is 0. The van der Waals surface area contributed by atoms with E-state index < -0.39 is 65.7 Å². The van der Waals surface area contributed by atoms with E-state index in [4.69, 9.17) is 0 Å². The topological polar surface area (TPSA) is 12.4 Å². The summed E-state index contributed by atoms with van der Waals surface area (Å²) < 4.78 is 59.0. The van der Waals surface area contributed by atoms with Crippen LogP contribution in [0.4, 0.5) is 23.2 Å². The quantitative estimate of drug-likeness (QED) is 0.133. The van der Waals surface area contributed by atoms with Crippen molar-refractivity contribution in [1.82, 2.24) is 0 Å². The van der Waals surface area contributed by atoms with Crippen molar-refractivity contribution in [3.8, 4) is 9.75 Å². The molecule has 4 rings (SSSR count). The van der Waals surface area contributed by atoms with E-state index in [1.807, 2.05) is 0 Å². The molecule has 0 spiro atoms. The minimum absolute atomic E-state index is 0.216. The molecule has 0 bridgehead atoms. The van der Waals surface area contributed by atoms with Crippen LogP contribution in [-0.4, -0.2) is 42.5 Å². The minimum atomic E-state index is -2.40. The van der Waals surface area contributed by atoms with Gasteiger partial charge < -0.3 is 0 Å². The molecule has 0 amide bonds. The van der Waals surface area contributed by atoms with Gasteiger partial charge >= 0.3 is 191 Å². The van der Waals surface area contributed by atoms with E-state index in [-0.39, 0.29) is 6.07 Å². The Balaban J connectivity index is 2.02. The van der Waals surface area contributed by atoms with E-state index in [9.17, 15) is 17.6 Å². The molecule has 158 valence electrons. The van der Waals surface area contributed by atoms with Gasteiger partial charge in [0.1, 0.15) is 0 Å². The molecule has 0 radical (unpaired) electrons. The molecule has 0 N–H and O–H groups in total. The van der Waals surface area contributed by atoms with Gasteiger partial charge in [-0.25, -0.2) is 0 Å². The van der Waals surface area contributed by atoms with Crippen molar-refractivity contribution in [2.75, 3.05) is 0 Å². The van der Waals surface area contributed by atoms with Crippen LogP contribution in [0.25, 0.3) is 9.75 Å². The molecular weight excluding hydrogens is 644 g/mol. The summed E-state index contributed by atoms with van der Waals surface area (Å²) in [7, 11) is 0. The number of fused-ring (bicyclic) bond motifs is 3. The molecule has 0 saturated heterocycles. The van der Waals surface area contributed by atoms with Crippen molar-refractivity contribution in [3.63, 3.8) is 0 Å². The van der Waals surface area contributed by atoms with Crippen molar-refractivity contribution in [2.45, 2.75) is 29.6 Å². The fraction of sp³-hybridized carbons (Fsp3) is 0.286. The number of benzene rings is 1. The summed E-state index contributed by atoms with van der Waals surface area (Å²) in [5.74, 6) is -5.82. The first-order valence-corrected chi connectivity index (χ1v) is 31.1. The van der Waals surface area contributed by atoms with Crippen LogP contribution >= 0.6 is 22.7 Å². The number of hydrogen-bond donors (Lipinski definition) is 0. The summed E-state index contributed by atoms with van der Waals surface area (Å²) in [6.07, 6.45) is 0. The van der Waals surface area contributed by atoms with Crippen molar-refractivity contribution in [1.29, 1.82) is 0 Å². The second kappa shape index (κ2) is 7.59. The summed E-state index contributed by atoms with van der Waals surface area (Å²) >= 11 is -1.34. The summed E-state index contributed by atoms with van der Waals surface area (Å²) in [4.78, 5) is 20.2. The molecule has 1 aliphatic rings. The Morgan fingerprint density at radius 3 is 1.43 bits per heavy atom. The van der Waals surface area contributed by atoms with Gasteiger partial charge in [-0.15, -0.1) is 0 Å². The Morgan fingerprint density at radius 1 is 0.667 bits per heavy atom. The van der Waals surface area contributed by atoms with Gasteiger partial charge in [0.05, 0.1) is 0 Å². The van der Waals surface area contributed by atoms with Gasteiger partial charge in [0.25, 0.3) is 0 Å². The molecule has 1 aromatic carbocycles. The van der Waals surface area contributed by atoms with Crippen LogP contribution in [0, 0.1) is 23.3 Å². The predicted molar refractivity (Wildman–Crippen MR) is 125 cm³/mol. The fourth-order valence-corrected chi connectivity index (χ4v) is 16.1. The summed E-state index contributed by atoms with van der Waals surface area (Å²) in [5.41, 5.74) is 1.16. The van der Waals surface area contributed by atoms with Crippen LogP contribution in [-0.2, 0) is 0 Å². The first-order chi connectivity index (χ1) is 13.8. The van der Waals surface area contributed by atoms with E-state index in [0.29, 0.717) is 5.71 Å². The van der Waals surface area contributed by atoms with E-state index in [0.717, 1.165) is 20.9 Å². The van der Waals surface area contributed by atoms with E-state index in [1.54, 1.807) is 22.7 Å². The molecule has 30 heavy (non-hydrogen) atoms. The van der Waals surface area contributed by atoms with E-state index in [2.05, 4.69) is 46.8 Å². The zero-order valence-corrected chi connectivity index (χ0v) is 24.8. The monoisotopic (exact) mass is 667 g/mol. The molecule has 2 heterocycles. The first kappa shape index (κ1) is 22.8. The van der Waals surface area contributed by atoms with Crippen LogP contribution in [0.15, 0.2) is 23.2 Å². The van der Waals surface area contributed by atoms with Gasteiger partial charge in [-0.2, -0.15) is 0 Å². The number of nitrogens with zero attached hydrogens (tertiary/aromatic N) is 1. The third kappa shape index (κ3) is 3.81. The molecule has 0 atom stereocenters. The number of aliphatic imine (C=N–C) groups is 1. The van der Waals surface area contributed by atoms with Crippen LogP contribution in [0.5, 0.6) is 0 Å². The molecule has 0 fully saturated rings. The number of rotatable bonds is 3. The molecule has 3 aromatic rings. The van der Waals surface area contributed by atoms with Crippen LogP contribution < -0.4 is 5.79 Å². The SMILES string of the molecule is [CH3][Sn]([CH3])([CH3])[c]1cc2c(s1)-c1s[c]([Sn]([CH3])([CH3])[CH3])cc1C2=Nc1c(F)c(F)cc(F)c1F. The zero-order chi connectivity index (χ0) is 22.2. The summed E-state index contributed by atoms with van der Waals surface area (Å²) in [6.45, 7) is 0. The molecule has 0 aliphatic heterocycles. The molecule has 0 saturated carbocycles. The van der Waals surface area contributed by atoms with Gasteiger partial charge in [-0.1, -0.05) is 0 Å². The van der Waals surface area contributed by atoms with Gasteiger partial charge in [-0.3, -0.25) is 0 Å². The van der Waals surface area contributed by atoms with Crippen molar-refractivity contribution in [3.05, 3.63) is 52.6 Å². The average molecular weight is 665 g/mol. The predicted octanol–water partition coefficient (Wildman–Crippen LogP) is 6.61.